The molecule has 1 fully saturated rings. The van der Waals surface area contributed by atoms with E-state index < -0.39 is 0 Å². The van der Waals surface area contributed by atoms with Gasteiger partial charge in [0.1, 0.15) is 5.82 Å². The van der Waals surface area contributed by atoms with E-state index in [1.807, 2.05) is 18.0 Å². The molecule has 110 valence electrons. The number of hydrogen-bond donors (Lipinski definition) is 1. The number of benzene rings is 1. The molecule has 1 heterocycles. The normalized spacial score (nSPS) is 22.2. The van der Waals surface area contributed by atoms with E-state index in [9.17, 15) is 9.18 Å². The Labute approximate surface area is 120 Å². The van der Waals surface area contributed by atoms with Crippen LogP contribution in [0.1, 0.15) is 37.8 Å². The fourth-order valence-corrected chi connectivity index (χ4v) is 2.91. The summed E-state index contributed by atoms with van der Waals surface area (Å²) >= 11 is 0. The topological polar surface area (TPSA) is 32.3 Å². The van der Waals surface area contributed by atoms with Crippen LogP contribution in [-0.2, 0) is 4.79 Å². The average molecular weight is 278 g/mol. The van der Waals surface area contributed by atoms with E-state index in [0.29, 0.717) is 12.3 Å². The predicted octanol–water partition coefficient (Wildman–Crippen LogP) is 2.73. The highest BCUT2D eigenvalue weighted by atomic mass is 19.1. The third kappa shape index (κ3) is 3.57. The van der Waals surface area contributed by atoms with Crippen LogP contribution in [0, 0.1) is 11.7 Å². The number of carbonyl (C=O) groups is 1. The smallest absolute Gasteiger partial charge is 0.223 e. The van der Waals surface area contributed by atoms with Crippen molar-refractivity contribution in [2.24, 2.45) is 5.92 Å². The van der Waals surface area contributed by atoms with Crippen LogP contribution in [0.15, 0.2) is 24.3 Å². The van der Waals surface area contributed by atoms with Crippen molar-refractivity contribution in [2.45, 2.75) is 32.2 Å². The van der Waals surface area contributed by atoms with Crippen molar-refractivity contribution in [1.82, 2.24) is 10.2 Å². The molecule has 2 unspecified atom stereocenters. The van der Waals surface area contributed by atoms with Crippen LogP contribution in [-0.4, -0.2) is 30.9 Å². The summed E-state index contributed by atoms with van der Waals surface area (Å²) in [5, 5.41) is 3.05. The molecule has 1 amide bonds. The summed E-state index contributed by atoms with van der Waals surface area (Å²) in [4.78, 5) is 14.3. The van der Waals surface area contributed by atoms with Crippen LogP contribution < -0.4 is 5.32 Å². The van der Waals surface area contributed by atoms with Gasteiger partial charge in [-0.05, 0) is 50.0 Å². The lowest BCUT2D eigenvalue weighted by Crippen LogP contribution is -2.31. The molecule has 1 aliphatic rings. The van der Waals surface area contributed by atoms with Gasteiger partial charge in [0.05, 0.1) is 6.04 Å². The molecule has 4 heteroatoms. The van der Waals surface area contributed by atoms with Gasteiger partial charge in [-0.15, -0.1) is 0 Å². The third-order valence-electron chi connectivity index (χ3n) is 3.88. The van der Waals surface area contributed by atoms with E-state index in [4.69, 9.17) is 0 Å². The number of nitrogens with zero attached hydrogens (tertiary/aromatic N) is 1. The molecule has 3 nitrogen and oxygen atoms in total. The first kappa shape index (κ1) is 15.0. The number of nitrogens with one attached hydrogen (secondary N) is 1. The molecule has 0 saturated carbocycles. The molecule has 1 aromatic carbocycles. The molecule has 0 aromatic heterocycles. The van der Waals surface area contributed by atoms with Crippen molar-refractivity contribution in [3.63, 3.8) is 0 Å². The molecule has 0 aliphatic carbocycles. The number of hydrogen-bond acceptors (Lipinski definition) is 2. The van der Waals surface area contributed by atoms with Gasteiger partial charge in [0.25, 0.3) is 0 Å². The highest BCUT2D eigenvalue weighted by molar-refractivity contribution is 5.77. The molecule has 1 N–H and O–H groups in total. The van der Waals surface area contributed by atoms with Gasteiger partial charge in [-0.25, -0.2) is 4.39 Å². The number of halogens is 1. The van der Waals surface area contributed by atoms with E-state index >= 15 is 0 Å². The van der Waals surface area contributed by atoms with Crippen LogP contribution in [0.3, 0.4) is 0 Å². The molecule has 1 aliphatic heterocycles. The van der Waals surface area contributed by atoms with E-state index in [1.54, 1.807) is 12.1 Å². The van der Waals surface area contributed by atoms with Crippen LogP contribution in [0.25, 0.3) is 0 Å². The fourth-order valence-electron chi connectivity index (χ4n) is 2.91. The lowest BCUT2D eigenvalue weighted by Gasteiger charge is -2.25. The number of amides is 1. The lowest BCUT2D eigenvalue weighted by molar-refractivity contribution is -0.132. The zero-order valence-electron chi connectivity index (χ0n) is 12.2. The minimum atomic E-state index is -0.232. The second kappa shape index (κ2) is 6.84. The maximum atomic E-state index is 13.4. The SMILES string of the molecule is CNCCCC(=O)N1CC(C)CC1c1cccc(F)c1. The minimum Gasteiger partial charge on any atom is -0.335 e. The highest BCUT2D eigenvalue weighted by Gasteiger charge is 2.33. The second-order valence-electron chi connectivity index (χ2n) is 5.66. The molecule has 1 saturated heterocycles. The Morgan fingerprint density at radius 2 is 2.30 bits per heavy atom. The first-order valence-corrected chi connectivity index (χ1v) is 7.31. The van der Waals surface area contributed by atoms with Gasteiger partial charge in [0.2, 0.25) is 5.91 Å². The highest BCUT2D eigenvalue weighted by Crippen LogP contribution is 2.35. The molecule has 2 rings (SSSR count). The molecule has 2 atom stereocenters. The Balaban J connectivity index is 2.08. The molecule has 1 aromatic rings. The van der Waals surface area contributed by atoms with E-state index in [2.05, 4.69) is 12.2 Å². The monoisotopic (exact) mass is 278 g/mol. The number of likely N-dealkylation sites (tertiary alicyclic amines) is 1. The van der Waals surface area contributed by atoms with Gasteiger partial charge >= 0.3 is 0 Å². The Hall–Kier alpha value is -1.42. The Morgan fingerprint density at radius 3 is 3.00 bits per heavy atom. The second-order valence-corrected chi connectivity index (χ2v) is 5.66. The maximum absolute atomic E-state index is 13.4. The Bertz CT molecular complexity index is 464. The average Bonchev–Trinajstić information content (AvgIpc) is 2.81. The molecular formula is C16H23FN2O. The molecule has 0 spiro atoms. The van der Waals surface area contributed by atoms with Gasteiger partial charge in [-0.3, -0.25) is 4.79 Å². The Kier molecular flexibility index (Phi) is 5.12. The van der Waals surface area contributed by atoms with Crippen molar-refractivity contribution in [3.8, 4) is 0 Å². The van der Waals surface area contributed by atoms with E-state index in [-0.39, 0.29) is 17.8 Å². The van der Waals surface area contributed by atoms with Gasteiger partial charge in [-0.2, -0.15) is 0 Å². The van der Waals surface area contributed by atoms with Gasteiger partial charge in [0, 0.05) is 13.0 Å². The maximum Gasteiger partial charge on any atom is 0.223 e. The predicted molar refractivity (Wildman–Crippen MR) is 77.8 cm³/mol. The van der Waals surface area contributed by atoms with Crippen molar-refractivity contribution in [1.29, 1.82) is 0 Å². The minimum absolute atomic E-state index is 0.0304. The number of rotatable bonds is 5. The van der Waals surface area contributed by atoms with Crippen LogP contribution >= 0.6 is 0 Å². The zero-order valence-corrected chi connectivity index (χ0v) is 12.2. The quantitative estimate of drug-likeness (QED) is 0.840. The summed E-state index contributed by atoms with van der Waals surface area (Å²) in [6.45, 7) is 3.77. The summed E-state index contributed by atoms with van der Waals surface area (Å²) in [6, 6.07) is 6.66. The first-order chi connectivity index (χ1) is 9.61. The first-order valence-electron chi connectivity index (χ1n) is 7.31. The molecule has 0 bridgehead atoms. The van der Waals surface area contributed by atoms with Crippen LogP contribution in [0.4, 0.5) is 4.39 Å². The van der Waals surface area contributed by atoms with Gasteiger partial charge in [0.15, 0.2) is 0 Å². The number of carbonyl (C=O) groups excluding carboxylic acids is 1. The van der Waals surface area contributed by atoms with Crippen molar-refractivity contribution >= 4 is 5.91 Å². The van der Waals surface area contributed by atoms with Crippen molar-refractivity contribution < 1.29 is 9.18 Å². The summed E-state index contributed by atoms with van der Waals surface area (Å²) in [6.07, 6.45) is 2.32. The summed E-state index contributed by atoms with van der Waals surface area (Å²) in [5.41, 5.74) is 0.913. The summed E-state index contributed by atoms with van der Waals surface area (Å²) in [7, 11) is 1.89. The molecular weight excluding hydrogens is 255 g/mol. The lowest BCUT2D eigenvalue weighted by atomic mass is 10.0. The van der Waals surface area contributed by atoms with Crippen molar-refractivity contribution in [3.05, 3.63) is 35.6 Å². The Morgan fingerprint density at radius 1 is 1.50 bits per heavy atom. The standard InChI is InChI=1S/C16H23FN2O/c1-12-9-15(13-5-3-6-14(17)10-13)19(11-12)16(20)7-4-8-18-2/h3,5-6,10,12,15,18H,4,7-9,11H2,1-2H3. The third-order valence-corrected chi connectivity index (χ3v) is 3.88. The molecule has 0 radical (unpaired) electrons. The zero-order chi connectivity index (χ0) is 14.5. The van der Waals surface area contributed by atoms with Crippen LogP contribution in [0.5, 0.6) is 0 Å². The summed E-state index contributed by atoms with van der Waals surface area (Å²) in [5.74, 6) is 0.417. The van der Waals surface area contributed by atoms with E-state index in [0.717, 1.165) is 31.5 Å². The van der Waals surface area contributed by atoms with Crippen LogP contribution in [0.2, 0.25) is 0 Å². The fraction of sp³-hybridized carbons (Fsp3) is 0.562. The largest absolute Gasteiger partial charge is 0.335 e. The van der Waals surface area contributed by atoms with Gasteiger partial charge in [-0.1, -0.05) is 19.1 Å². The summed E-state index contributed by atoms with van der Waals surface area (Å²) < 4.78 is 13.4. The van der Waals surface area contributed by atoms with E-state index in [1.165, 1.54) is 6.07 Å². The molecule has 20 heavy (non-hydrogen) atoms. The van der Waals surface area contributed by atoms with Crippen molar-refractivity contribution in [2.75, 3.05) is 20.1 Å². The van der Waals surface area contributed by atoms with Gasteiger partial charge < -0.3 is 10.2 Å².